The highest BCUT2D eigenvalue weighted by molar-refractivity contribution is 7.00. The van der Waals surface area contributed by atoms with Gasteiger partial charge in [0.05, 0.1) is 33.0 Å². The first kappa shape index (κ1) is 48.4. The Morgan fingerprint density at radius 2 is 0.971 bits per heavy atom. The van der Waals surface area contributed by atoms with Crippen LogP contribution in [0.4, 0.5) is 27.9 Å². The minimum absolute atomic E-state index is 0.174. The van der Waals surface area contributed by atoms with Gasteiger partial charge in [0.2, 0.25) is 5.95 Å². The molecule has 1 aliphatic heterocycles. The van der Waals surface area contributed by atoms with Gasteiger partial charge in [0.25, 0.3) is 16.6 Å². The quantitative estimate of drug-likeness (QED) is 0.108. The van der Waals surface area contributed by atoms with Crippen LogP contribution in [0.15, 0.2) is 176 Å². The van der Waals surface area contributed by atoms with Crippen molar-refractivity contribution in [1.29, 1.82) is 0 Å². The fourth-order valence-electron chi connectivity index (χ4n) is 10.8. The molecule has 0 radical (unpaired) electrons. The number of rotatable bonds is 14. The van der Waals surface area contributed by atoms with Crippen molar-refractivity contribution in [3.8, 4) is 11.5 Å². The van der Waals surface area contributed by atoms with Crippen LogP contribution in [-0.2, 0) is 15.4 Å². The van der Waals surface area contributed by atoms with Gasteiger partial charge in [-0.05, 0) is 98.6 Å². The normalized spacial score (nSPS) is 17.7. The second-order valence-corrected chi connectivity index (χ2v) is 29.0. The number of hydrogen-bond donors (Lipinski definition) is 1. The Hall–Kier alpha value is -6.58. The zero-order valence-corrected chi connectivity index (χ0v) is 43.6. The second-order valence-electron chi connectivity index (χ2n) is 20.5. The number of hydrogen-bond acceptors (Lipinski definition) is 8. The fourth-order valence-corrected chi connectivity index (χ4v) is 20.2. The van der Waals surface area contributed by atoms with Crippen molar-refractivity contribution in [1.82, 2.24) is 9.97 Å². The molecule has 0 bridgehead atoms. The van der Waals surface area contributed by atoms with Crippen molar-refractivity contribution in [2.45, 2.75) is 95.7 Å². The third-order valence-electron chi connectivity index (χ3n) is 14.0. The molecule has 1 aliphatic carbocycles. The van der Waals surface area contributed by atoms with E-state index in [-0.39, 0.29) is 34.9 Å². The van der Waals surface area contributed by atoms with Gasteiger partial charge >= 0.3 is 6.03 Å². The molecule has 360 valence electrons. The van der Waals surface area contributed by atoms with Crippen LogP contribution in [0.3, 0.4) is 0 Å². The molecule has 9 rings (SSSR count). The first-order valence-corrected chi connectivity index (χ1v) is 28.2. The van der Waals surface area contributed by atoms with Crippen molar-refractivity contribution in [3.63, 3.8) is 0 Å². The number of fused-ring (bicyclic) bond motifs is 1. The van der Waals surface area contributed by atoms with Crippen LogP contribution in [0, 0.1) is 0 Å². The van der Waals surface area contributed by atoms with Crippen molar-refractivity contribution in [2.75, 3.05) is 29.3 Å². The molecule has 1 saturated carbocycles. The molecule has 2 unspecified atom stereocenters. The lowest BCUT2D eigenvalue weighted by atomic mass is 9.89. The monoisotopic (exact) mass is 967 g/mol. The number of benzene rings is 6. The number of amides is 2. The standard InChI is InChI=1S/C58H65N5O5Si2/c1-57(2,3)69(50-21-13-9-14-22-50,51-23-15-10-16-24-51)67-48-37-45(38-49(39-48)68-70(58(4,5)6,52-25-17-11-18-26-52)53-27-19-12-20-28-53)63-54-42(41-62(56(63)64)44-31-35-47(66-8)36-32-44)40-59-55(61-54)60-43-29-33-46(65-7)34-30-43/h9-36,40,45,48-49H,37-39,41H2,1-8H3,(H,59,60,61). The lowest BCUT2D eigenvalue weighted by molar-refractivity contribution is 0.0473. The molecule has 10 nitrogen and oxygen atoms in total. The Morgan fingerprint density at radius 1 is 0.557 bits per heavy atom. The smallest absolute Gasteiger partial charge is 0.330 e. The van der Waals surface area contributed by atoms with Gasteiger partial charge in [-0.3, -0.25) is 9.80 Å². The first-order chi connectivity index (χ1) is 33.7. The van der Waals surface area contributed by atoms with Gasteiger partial charge < -0.3 is 23.6 Å². The van der Waals surface area contributed by atoms with Gasteiger partial charge in [-0.2, -0.15) is 4.98 Å². The molecule has 6 aromatic carbocycles. The highest BCUT2D eigenvalue weighted by Gasteiger charge is 2.56. The fraction of sp³-hybridized carbons (Fsp3) is 0.293. The third-order valence-corrected chi connectivity index (χ3v) is 24.2. The summed E-state index contributed by atoms with van der Waals surface area (Å²) in [6, 6.07) is 58.0. The molecule has 1 N–H and O–H groups in total. The van der Waals surface area contributed by atoms with E-state index in [9.17, 15) is 0 Å². The molecular formula is C58H65N5O5Si2. The van der Waals surface area contributed by atoms with Crippen molar-refractivity contribution in [2.24, 2.45) is 0 Å². The third kappa shape index (κ3) is 9.40. The summed E-state index contributed by atoms with van der Waals surface area (Å²) in [4.78, 5) is 29.5. The van der Waals surface area contributed by atoms with E-state index in [1.807, 2.05) is 64.5 Å². The van der Waals surface area contributed by atoms with Gasteiger partial charge in [-0.1, -0.05) is 163 Å². The van der Waals surface area contributed by atoms with E-state index in [1.54, 1.807) is 14.2 Å². The molecule has 7 aromatic rings. The highest BCUT2D eigenvalue weighted by Crippen LogP contribution is 2.45. The minimum Gasteiger partial charge on any atom is -0.497 e. The van der Waals surface area contributed by atoms with Crippen LogP contribution in [0.2, 0.25) is 10.1 Å². The maximum Gasteiger partial charge on any atom is 0.330 e. The molecule has 2 amide bonds. The van der Waals surface area contributed by atoms with Gasteiger partial charge in [0.15, 0.2) is 0 Å². The lowest BCUT2D eigenvalue weighted by Crippen LogP contribution is -2.70. The Labute approximate surface area is 415 Å². The van der Waals surface area contributed by atoms with Crippen molar-refractivity contribution >= 4 is 66.6 Å². The first-order valence-electron chi connectivity index (χ1n) is 24.3. The number of aromatic nitrogens is 2. The Balaban J connectivity index is 1.22. The largest absolute Gasteiger partial charge is 0.497 e. The minimum atomic E-state index is -3.11. The van der Waals surface area contributed by atoms with E-state index in [1.165, 1.54) is 20.7 Å². The average molecular weight is 968 g/mol. The van der Waals surface area contributed by atoms with Gasteiger partial charge in [-0.25, -0.2) is 9.78 Å². The molecule has 2 atom stereocenters. The van der Waals surface area contributed by atoms with Crippen molar-refractivity contribution < 1.29 is 23.1 Å². The zero-order chi connectivity index (χ0) is 49.1. The van der Waals surface area contributed by atoms with Crippen LogP contribution in [0.1, 0.15) is 66.4 Å². The number of methoxy groups -OCH3 is 2. The molecule has 2 aliphatic rings. The summed E-state index contributed by atoms with van der Waals surface area (Å²) in [5, 5.41) is 7.63. The van der Waals surface area contributed by atoms with Gasteiger partial charge in [0.1, 0.15) is 17.3 Å². The molecule has 12 heteroatoms. The molecule has 1 fully saturated rings. The van der Waals surface area contributed by atoms with E-state index in [4.69, 9.17) is 28.3 Å². The van der Waals surface area contributed by atoms with E-state index >= 15 is 4.79 Å². The van der Waals surface area contributed by atoms with E-state index in [2.05, 4.69) is 168 Å². The molecule has 2 heterocycles. The van der Waals surface area contributed by atoms with Crippen LogP contribution in [-0.4, -0.2) is 65.1 Å². The number of carbonyl (C=O) groups excluding carboxylic acids is 1. The number of nitrogens with one attached hydrogen (secondary N) is 1. The van der Waals surface area contributed by atoms with Gasteiger partial charge in [0, 0.05) is 29.2 Å². The van der Waals surface area contributed by atoms with Crippen LogP contribution in [0.25, 0.3) is 0 Å². The lowest BCUT2D eigenvalue weighted by Gasteiger charge is -2.51. The zero-order valence-electron chi connectivity index (χ0n) is 41.6. The van der Waals surface area contributed by atoms with Crippen molar-refractivity contribution in [3.05, 3.63) is 182 Å². The highest BCUT2D eigenvalue weighted by atomic mass is 28.4. The number of nitrogens with zero attached hydrogens (tertiary/aromatic N) is 4. The van der Waals surface area contributed by atoms with Crippen LogP contribution >= 0.6 is 0 Å². The summed E-state index contributed by atoms with van der Waals surface area (Å²) in [5.74, 6) is 2.41. The molecule has 0 spiro atoms. The van der Waals surface area contributed by atoms with Gasteiger partial charge in [-0.15, -0.1) is 0 Å². The SMILES string of the molecule is COc1ccc(Nc2ncc3c(n2)N(C2CC(O[Si](c4ccccc4)(c4ccccc4)C(C)(C)C)CC(O[Si](c4ccccc4)(c4ccccc4)C(C)(C)C)C2)C(=O)N(c2ccc(OC)cc2)C3)cc1. The molecular weight excluding hydrogens is 903 g/mol. The molecule has 1 aromatic heterocycles. The number of anilines is 4. The predicted molar refractivity (Wildman–Crippen MR) is 288 cm³/mol. The number of ether oxygens (including phenoxy) is 2. The maximum absolute atomic E-state index is 15.7. The summed E-state index contributed by atoms with van der Waals surface area (Å²) in [6.45, 7) is 14.2. The summed E-state index contributed by atoms with van der Waals surface area (Å²) >= 11 is 0. The summed E-state index contributed by atoms with van der Waals surface area (Å²) in [7, 11) is -2.92. The second kappa shape index (κ2) is 20.0. The van der Waals surface area contributed by atoms with E-state index in [0.29, 0.717) is 36.8 Å². The Bertz CT molecular complexity index is 2660. The molecule has 0 saturated heterocycles. The maximum atomic E-state index is 15.7. The van der Waals surface area contributed by atoms with Crippen LogP contribution < -0.4 is 45.3 Å². The summed E-state index contributed by atoms with van der Waals surface area (Å²) < 4.78 is 27.2. The number of urea groups is 1. The predicted octanol–water partition coefficient (Wildman–Crippen LogP) is 10.6. The van der Waals surface area contributed by atoms with E-state index in [0.717, 1.165) is 22.7 Å². The Kier molecular flexibility index (Phi) is 13.9. The topological polar surface area (TPSA) is 98.3 Å². The van der Waals surface area contributed by atoms with Crippen LogP contribution in [0.5, 0.6) is 11.5 Å². The molecule has 70 heavy (non-hydrogen) atoms. The summed E-state index contributed by atoms with van der Waals surface area (Å²) in [6.07, 6.45) is 2.95. The van der Waals surface area contributed by atoms with E-state index < -0.39 is 22.7 Å². The average Bonchev–Trinajstić information content (AvgIpc) is 3.37. The number of carbonyl (C=O) groups is 1. The summed E-state index contributed by atoms with van der Waals surface area (Å²) in [5.41, 5.74) is 2.37. The Morgan fingerprint density at radius 3 is 1.37 bits per heavy atom.